The third-order valence-electron chi connectivity index (χ3n) is 2.44. The van der Waals surface area contributed by atoms with Gasteiger partial charge in [0.15, 0.2) is 6.61 Å². The van der Waals surface area contributed by atoms with Gasteiger partial charge in [-0.3, -0.25) is 14.4 Å². The molecule has 1 aromatic carbocycles. The lowest BCUT2D eigenvalue weighted by Gasteiger charge is -2.15. The van der Waals surface area contributed by atoms with Crippen molar-refractivity contribution in [2.75, 3.05) is 6.61 Å². The topological polar surface area (TPSA) is 98.5 Å². The van der Waals surface area contributed by atoms with Gasteiger partial charge < -0.3 is 15.8 Å². The predicted molar refractivity (Wildman–Crippen MR) is 75.6 cm³/mol. The lowest BCUT2D eigenvalue weighted by atomic mass is 10.1. The van der Waals surface area contributed by atoms with Crippen LogP contribution in [0.25, 0.3) is 0 Å². The van der Waals surface area contributed by atoms with Crippen molar-refractivity contribution < 1.29 is 19.1 Å². The highest BCUT2D eigenvalue weighted by Gasteiger charge is 2.19. The van der Waals surface area contributed by atoms with Crippen molar-refractivity contribution in [1.29, 1.82) is 0 Å². The first-order valence-electron chi connectivity index (χ1n) is 5.85. The zero-order valence-corrected chi connectivity index (χ0v) is 12.5. The number of ether oxygens (including phenoxy) is 1. The number of rotatable bonds is 6. The Morgan fingerprint density at radius 3 is 2.40 bits per heavy atom. The number of amides is 2. The first kappa shape index (κ1) is 16.2. The van der Waals surface area contributed by atoms with E-state index >= 15 is 0 Å². The number of carbonyl (C=O) groups is 3. The normalized spacial score (nSPS) is 11.5. The zero-order chi connectivity index (χ0) is 15.1. The number of carbonyl (C=O) groups excluding carboxylic acids is 3. The van der Waals surface area contributed by atoms with Crippen molar-refractivity contribution in [2.45, 2.75) is 19.4 Å². The number of halogens is 1. The van der Waals surface area contributed by atoms with Gasteiger partial charge in [-0.25, -0.2) is 0 Å². The smallest absolute Gasteiger partial charge is 0.303 e. The molecule has 7 heteroatoms. The largest absolute Gasteiger partial charge is 0.456 e. The Labute approximate surface area is 124 Å². The van der Waals surface area contributed by atoms with Gasteiger partial charge in [0.25, 0.3) is 5.91 Å². The molecule has 0 aliphatic heterocycles. The van der Waals surface area contributed by atoms with Crippen LogP contribution in [0.2, 0.25) is 0 Å². The van der Waals surface area contributed by atoms with E-state index in [4.69, 9.17) is 5.73 Å². The molecule has 0 saturated heterocycles. The van der Waals surface area contributed by atoms with Gasteiger partial charge in [-0.05, 0) is 17.7 Å². The molecule has 0 bridgehead atoms. The predicted octanol–water partition coefficient (Wildman–Crippen LogP) is 0.525. The number of nitrogens with one attached hydrogen (secondary N) is 1. The van der Waals surface area contributed by atoms with Crippen molar-refractivity contribution in [1.82, 2.24) is 5.32 Å². The molecule has 0 spiro atoms. The van der Waals surface area contributed by atoms with Gasteiger partial charge in [0, 0.05) is 17.8 Å². The third kappa shape index (κ3) is 5.83. The van der Waals surface area contributed by atoms with Crippen LogP contribution in [0, 0.1) is 0 Å². The van der Waals surface area contributed by atoms with E-state index in [0.29, 0.717) is 0 Å². The van der Waals surface area contributed by atoms with Gasteiger partial charge in [0.05, 0.1) is 0 Å². The highest BCUT2D eigenvalue weighted by Crippen LogP contribution is 2.11. The van der Waals surface area contributed by atoms with Crippen LogP contribution in [0.3, 0.4) is 0 Å². The zero-order valence-electron chi connectivity index (χ0n) is 10.9. The van der Waals surface area contributed by atoms with Gasteiger partial charge in [-0.2, -0.15) is 0 Å². The molecule has 0 radical (unpaired) electrons. The quantitative estimate of drug-likeness (QED) is 0.736. The second-order valence-corrected chi connectivity index (χ2v) is 5.05. The lowest BCUT2D eigenvalue weighted by molar-refractivity contribution is -0.146. The number of hydrogen-bond donors (Lipinski definition) is 2. The molecule has 3 N–H and O–H groups in total. The average molecular weight is 343 g/mol. The molecule has 0 unspecified atom stereocenters. The van der Waals surface area contributed by atoms with E-state index in [2.05, 4.69) is 26.0 Å². The van der Waals surface area contributed by atoms with Crippen LogP contribution in [0.1, 0.15) is 12.5 Å². The summed E-state index contributed by atoms with van der Waals surface area (Å²) in [6, 6.07) is 6.44. The maximum Gasteiger partial charge on any atom is 0.303 e. The standard InChI is InChI=1S/C13H15BrN2O4/c1-8(17)20-7-12(18)16-11(13(15)19)6-9-2-4-10(14)5-3-9/h2-5,11H,6-7H2,1H3,(H2,15,19)(H,16,18)/t11-/m1/s1. The van der Waals surface area contributed by atoms with E-state index in [1.807, 2.05) is 24.3 Å². The summed E-state index contributed by atoms with van der Waals surface area (Å²) in [6.07, 6.45) is 0.272. The molecular formula is C13H15BrN2O4. The molecule has 0 aliphatic carbocycles. The lowest BCUT2D eigenvalue weighted by Crippen LogP contribution is -2.47. The fourth-order valence-corrected chi connectivity index (χ4v) is 1.75. The molecule has 1 rings (SSSR count). The molecule has 108 valence electrons. The minimum Gasteiger partial charge on any atom is -0.456 e. The van der Waals surface area contributed by atoms with Gasteiger partial charge >= 0.3 is 5.97 Å². The van der Waals surface area contributed by atoms with Gasteiger partial charge in [0.1, 0.15) is 6.04 Å². The maximum atomic E-state index is 11.5. The second-order valence-electron chi connectivity index (χ2n) is 4.13. The van der Waals surface area contributed by atoms with Gasteiger partial charge in [0.2, 0.25) is 5.91 Å². The number of benzene rings is 1. The Morgan fingerprint density at radius 2 is 1.90 bits per heavy atom. The first-order chi connectivity index (χ1) is 9.38. The molecule has 0 fully saturated rings. The summed E-state index contributed by atoms with van der Waals surface area (Å²) in [5, 5.41) is 2.43. The Hall–Kier alpha value is -1.89. The van der Waals surface area contributed by atoms with Crippen LogP contribution in [0.15, 0.2) is 28.7 Å². The second kappa shape index (κ2) is 7.64. The minimum atomic E-state index is -0.848. The molecule has 1 aromatic rings. The summed E-state index contributed by atoms with van der Waals surface area (Å²) in [7, 11) is 0. The molecule has 0 heterocycles. The molecular weight excluding hydrogens is 328 g/mol. The van der Waals surface area contributed by atoms with Crippen molar-refractivity contribution in [3.63, 3.8) is 0 Å². The van der Waals surface area contributed by atoms with E-state index < -0.39 is 30.4 Å². The molecule has 1 atom stereocenters. The van der Waals surface area contributed by atoms with E-state index in [0.717, 1.165) is 10.0 Å². The van der Waals surface area contributed by atoms with Crippen LogP contribution in [0.5, 0.6) is 0 Å². The molecule has 20 heavy (non-hydrogen) atoms. The number of esters is 1. The van der Waals surface area contributed by atoms with Crippen LogP contribution < -0.4 is 11.1 Å². The molecule has 2 amide bonds. The fraction of sp³-hybridized carbons (Fsp3) is 0.308. The van der Waals surface area contributed by atoms with Crippen LogP contribution in [-0.4, -0.2) is 30.4 Å². The summed E-state index contributed by atoms with van der Waals surface area (Å²) in [5.41, 5.74) is 6.10. The monoisotopic (exact) mass is 342 g/mol. The van der Waals surface area contributed by atoms with Gasteiger partial charge in [-0.15, -0.1) is 0 Å². The Balaban J connectivity index is 2.60. The highest BCUT2D eigenvalue weighted by atomic mass is 79.9. The average Bonchev–Trinajstić information content (AvgIpc) is 2.38. The maximum absolute atomic E-state index is 11.5. The summed E-state index contributed by atoms with van der Waals surface area (Å²) in [5.74, 6) is -1.78. The first-order valence-corrected chi connectivity index (χ1v) is 6.64. The molecule has 0 aliphatic rings. The Bertz CT molecular complexity index is 502. The van der Waals surface area contributed by atoms with Crippen molar-refractivity contribution in [2.24, 2.45) is 5.73 Å². The van der Waals surface area contributed by atoms with E-state index in [1.54, 1.807) is 0 Å². The summed E-state index contributed by atoms with van der Waals surface area (Å²) >= 11 is 3.31. The van der Waals surface area contributed by atoms with Crippen molar-refractivity contribution in [3.05, 3.63) is 34.3 Å². The SMILES string of the molecule is CC(=O)OCC(=O)N[C@H](Cc1ccc(Br)cc1)C(N)=O. The Morgan fingerprint density at radius 1 is 1.30 bits per heavy atom. The molecule has 0 aromatic heterocycles. The highest BCUT2D eigenvalue weighted by molar-refractivity contribution is 9.10. The van der Waals surface area contributed by atoms with Crippen LogP contribution in [0.4, 0.5) is 0 Å². The van der Waals surface area contributed by atoms with Crippen molar-refractivity contribution in [3.8, 4) is 0 Å². The summed E-state index contributed by atoms with van der Waals surface area (Å²) in [6.45, 7) is 0.764. The van der Waals surface area contributed by atoms with E-state index in [1.165, 1.54) is 6.92 Å². The van der Waals surface area contributed by atoms with Crippen LogP contribution >= 0.6 is 15.9 Å². The van der Waals surface area contributed by atoms with Crippen molar-refractivity contribution >= 4 is 33.7 Å². The fourth-order valence-electron chi connectivity index (χ4n) is 1.48. The van der Waals surface area contributed by atoms with E-state index in [9.17, 15) is 14.4 Å². The van der Waals surface area contributed by atoms with Gasteiger partial charge in [-0.1, -0.05) is 28.1 Å². The van der Waals surface area contributed by atoms with Crippen LogP contribution in [-0.2, 0) is 25.5 Å². The van der Waals surface area contributed by atoms with E-state index in [-0.39, 0.29) is 6.42 Å². The number of hydrogen-bond acceptors (Lipinski definition) is 4. The molecule has 6 nitrogen and oxygen atoms in total. The summed E-state index contributed by atoms with van der Waals surface area (Å²) in [4.78, 5) is 33.4. The molecule has 0 saturated carbocycles. The number of nitrogens with two attached hydrogens (primary N) is 1. The minimum absolute atomic E-state index is 0.272. The summed E-state index contributed by atoms with van der Waals surface area (Å²) < 4.78 is 5.45. The third-order valence-corrected chi connectivity index (χ3v) is 2.97. The Kier molecular flexibility index (Phi) is 6.17. The number of primary amides is 1.